The van der Waals surface area contributed by atoms with Gasteiger partial charge in [0, 0.05) is 36.2 Å². The summed E-state index contributed by atoms with van der Waals surface area (Å²) in [5, 5.41) is 2.05. The molecule has 1 amide bonds. The van der Waals surface area contributed by atoms with Crippen LogP contribution in [0.3, 0.4) is 0 Å². The van der Waals surface area contributed by atoms with Crippen LogP contribution in [-0.2, 0) is 10.5 Å². The number of carbonyl (C=O) groups is 1. The van der Waals surface area contributed by atoms with Crippen molar-refractivity contribution in [3.05, 3.63) is 46.4 Å². The highest BCUT2D eigenvalue weighted by Crippen LogP contribution is 2.28. The maximum Gasteiger partial charge on any atom is 0.254 e. The third-order valence-electron chi connectivity index (χ3n) is 4.04. The third-order valence-corrected chi connectivity index (χ3v) is 5.78. The van der Waals surface area contributed by atoms with Crippen molar-refractivity contribution in [2.45, 2.75) is 29.6 Å². The minimum Gasteiger partial charge on any atom is -0.381 e. The zero-order valence-electron chi connectivity index (χ0n) is 13.1. The normalized spacial score (nSPS) is 15.8. The average Bonchev–Trinajstić information content (AvgIpc) is 3.13. The Morgan fingerprint density at radius 2 is 2.17 bits per heavy atom. The molecule has 1 aliphatic heterocycles. The number of nitrogens with zero attached hydrogens (tertiary/aromatic N) is 2. The van der Waals surface area contributed by atoms with Crippen LogP contribution in [0.4, 0.5) is 0 Å². The van der Waals surface area contributed by atoms with Crippen LogP contribution < -0.4 is 0 Å². The summed E-state index contributed by atoms with van der Waals surface area (Å²) >= 11 is 3.27. The summed E-state index contributed by atoms with van der Waals surface area (Å²) < 4.78 is 5.38. The van der Waals surface area contributed by atoms with Crippen molar-refractivity contribution in [1.29, 1.82) is 0 Å². The number of piperidine rings is 1. The highest BCUT2D eigenvalue weighted by molar-refractivity contribution is 7.98. The predicted octanol–water partition coefficient (Wildman–Crippen LogP) is 3.69. The zero-order valence-corrected chi connectivity index (χ0v) is 14.7. The van der Waals surface area contributed by atoms with E-state index in [1.807, 2.05) is 40.1 Å². The summed E-state index contributed by atoms with van der Waals surface area (Å²) in [5.74, 6) is 0.917. The molecule has 0 bridgehead atoms. The van der Waals surface area contributed by atoms with Crippen LogP contribution in [0.2, 0.25) is 0 Å². The van der Waals surface area contributed by atoms with E-state index in [1.165, 1.54) is 0 Å². The molecule has 3 rings (SSSR count). The standard InChI is InChI=1S/C17H20N2O2S2/c1-21-14-6-8-19(9-7-14)17(20)15-4-2-3-5-16(15)23-11-13-10-22-12-18-13/h2-5,10,12,14H,6-9,11H2,1H3. The van der Waals surface area contributed by atoms with E-state index in [0.29, 0.717) is 0 Å². The predicted molar refractivity (Wildman–Crippen MR) is 94.1 cm³/mol. The molecule has 1 fully saturated rings. The maximum atomic E-state index is 12.8. The number of thioether (sulfide) groups is 1. The second-order valence-corrected chi connectivity index (χ2v) is 7.23. The van der Waals surface area contributed by atoms with Crippen LogP contribution in [0, 0.1) is 0 Å². The minimum absolute atomic E-state index is 0.126. The molecule has 23 heavy (non-hydrogen) atoms. The fourth-order valence-electron chi connectivity index (χ4n) is 2.69. The maximum absolute atomic E-state index is 12.8. The van der Waals surface area contributed by atoms with Crippen molar-refractivity contribution >= 4 is 29.0 Å². The SMILES string of the molecule is COC1CCN(C(=O)c2ccccc2SCc2cscn2)CC1. The molecule has 0 aliphatic carbocycles. The number of methoxy groups -OCH3 is 1. The van der Waals surface area contributed by atoms with Crippen LogP contribution in [0.1, 0.15) is 28.9 Å². The summed E-state index contributed by atoms with van der Waals surface area (Å²) in [5.41, 5.74) is 3.69. The molecular formula is C17H20N2O2S2. The first-order valence-corrected chi connectivity index (χ1v) is 9.61. The van der Waals surface area contributed by atoms with Gasteiger partial charge in [0.1, 0.15) is 0 Å². The second-order valence-electron chi connectivity index (χ2n) is 5.49. The molecule has 2 heterocycles. The summed E-state index contributed by atoms with van der Waals surface area (Å²) in [6.45, 7) is 1.53. The Bertz CT molecular complexity index is 638. The number of ether oxygens (including phenoxy) is 1. The van der Waals surface area contributed by atoms with Crippen LogP contribution in [-0.4, -0.2) is 42.1 Å². The summed E-state index contributed by atoms with van der Waals surface area (Å²) in [7, 11) is 1.74. The number of hydrogen-bond acceptors (Lipinski definition) is 5. The first kappa shape index (κ1) is 16.5. The van der Waals surface area contributed by atoms with Gasteiger partial charge in [0.15, 0.2) is 0 Å². The lowest BCUT2D eigenvalue weighted by Crippen LogP contribution is -2.40. The van der Waals surface area contributed by atoms with E-state index in [4.69, 9.17) is 4.74 Å². The van der Waals surface area contributed by atoms with E-state index in [-0.39, 0.29) is 12.0 Å². The highest BCUT2D eigenvalue weighted by atomic mass is 32.2. The van der Waals surface area contributed by atoms with Gasteiger partial charge in [0.25, 0.3) is 5.91 Å². The molecule has 0 unspecified atom stereocenters. The Balaban J connectivity index is 1.68. The minimum atomic E-state index is 0.126. The lowest BCUT2D eigenvalue weighted by atomic mass is 10.1. The van der Waals surface area contributed by atoms with Crippen molar-refractivity contribution in [2.75, 3.05) is 20.2 Å². The van der Waals surface area contributed by atoms with Crippen molar-refractivity contribution < 1.29 is 9.53 Å². The van der Waals surface area contributed by atoms with Crippen molar-refractivity contribution in [3.8, 4) is 0 Å². The summed E-state index contributed by atoms with van der Waals surface area (Å²) in [6, 6.07) is 7.86. The molecule has 0 atom stereocenters. The lowest BCUT2D eigenvalue weighted by molar-refractivity contribution is 0.0349. The molecule has 1 saturated heterocycles. The van der Waals surface area contributed by atoms with Crippen LogP contribution >= 0.6 is 23.1 Å². The fraction of sp³-hybridized carbons (Fsp3) is 0.412. The number of amides is 1. The molecule has 0 saturated carbocycles. The van der Waals surface area contributed by atoms with Crippen LogP contribution in [0.25, 0.3) is 0 Å². The van der Waals surface area contributed by atoms with Gasteiger partial charge in [0.2, 0.25) is 0 Å². The Morgan fingerprint density at radius 1 is 1.39 bits per heavy atom. The number of likely N-dealkylation sites (tertiary alicyclic amines) is 1. The molecule has 0 radical (unpaired) electrons. The molecule has 4 nitrogen and oxygen atoms in total. The first-order chi connectivity index (χ1) is 11.3. The Hall–Kier alpha value is -1.37. The van der Waals surface area contributed by atoms with Crippen LogP contribution in [0.15, 0.2) is 40.1 Å². The average molecular weight is 348 g/mol. The van der Waals surface area contributed by atoms with E-state index in [9.17, 15) is 4.79 Å². The number of aromatic nitrogens is 1. The molecule has 0 N–H and O–H groups in total. The summed E-state index contributed by atoms with van der Waals surface area (Å²) in [6.07, 6.45) is 2.11. The largest absolute Gasteiger partial charge is 0.381 e. The Labute approximate surface area is 144 Å². The molecule has 122 valence electrons. The van der Waals surface area contributed by atoms with E-state index >= 15 is 0 Å². The van der Waals surface area contributed by atoms with Crippen molar-refractivity contribution in [2.24, 2.45) is 0 Å². The fourth-order valence-corrected chi connectivity index (χ4v) is 4.31. The van der Waals surface area contributed by atoms with Crippen LogP contribution in [0.5, 0.6) is 0 Å². The molecule has 0 spiro atoms. The first-order valence-electron chi connectivity index (χ1n) is 7.69. The molecule has 6 heteroatoms. The van der Waals surface area contributed by atoms with Crippen molar-refractivity contribution in [3.63, 3.8) is 0 Å². The van der Waals surface area contributed by atoms with Gasteiger partial charge in [0.05, 0.1) is 22.9 Å². The van der Waals surface area contributed by atoms with Gasteiger partial charge in [-0.05, 0) is 25.0 Å². The number of hydrogen-bond donors (Lipinski definition) is 0. The van der Waals surface area contributed by atoms with Gasteiger partial charge in [-0.25, -0.2) is 4.98 Å². The summed E-state index contributed by atoms with van der Waals surface area (Å²) in [4.78, 5) is 20.1. The molecule has 2 aromatic rings. The second kappa shape index (κ2) is 7.95. The van der Waals surface area contributed by atoms with E-state index in [2.05, 4.69) is 4.98 Å². The Morgan fingerprint density at radius 3 is 2.87 bits per heavy atom. The molecule has 1 aromatic carbocycles. The van der Waals surface area contributed by atoms with Gasteiger partial charge in [-0.2, -0.15) is 0 Å². The molecular weight excluding hydrogens is 328 g/mol. The third kappa shape index (κ3) is 4.13. The van der Waals surface area contributed by atoms with E-state index in [0.717, 1.165) is 47.8 Å². The van der Waals surface area contributed by atoms with E-state index in [1.54, 1.807) is 30.2 Å². The van der Waals surface area contributed by atoms with Crippen molar-refractivity contribution in [1.82, 2.24) is 9.88 Å². The quantitative estimate of drug-likeness (QED) is 0.773. The van der Waals surface area contributed by atoms with Gasteiger partial charge in [-0.15, -0.1) is 23.1 Å². The van der Waals surface area contributed by atoms with Gasteiger partial charge >= 0.3 is 0 Å². The molecule has 1 aromatic heterocycles. The number of benzene rings is 1. The van der Waals surface area contributed by atoms with Gasteiger partial charge < -0.3 is 9.64 Å². The van der Waals surface area contributed by atoms with Gasteiger partial charge in [-0.1, -0.05) is 12.1 Å². The lowest BCUT2D eigenvalue weighted by Gasteiger charge is -2.31. The number of carbonyl (C=O) groups excluding carboxylic acids is 1. The topological polar surface area (TPSA) is 42.4 Å². The smallest absolute Gasteiger partial charge is 0.254 e. The highest BCUT2D eigenvalue weighted by Gasteiger charge is 2.24. The van der Waals surface area contributed by atoms with Gasteiger partial charge in [-0.3, -0.25) is 4.79 Å². The molecule has 1 aliphatic rings. The zero-order chi connectivity index (χ0) is 16.1. The number of rotatable bonds is 5. The Kier molecular flexibility index (Phi) is 5.70. The van der Waals surface area contributed by atoms with E-state index < -0.39 is 0 Å². The number of thiazole rings is 1. The monoisotopic (exact) mass is 348 g/mol.